The zero-order chi connectivity index (χ0) is 14.2. The molecule has 0 amide bonds. The van der Waals surface area contributed by atoms with Gasteiger partial charge in [0.25, 0.3) is 0 Å². The minimum absolute atomic E-state index is 0.895. The number of allylic oxidation sites excluding steroid dienone is 2. The number of nitrogens with zero attached hydrogens (tertiary/aromatic N) is 2. The molecule has 0 aromatic rings. The third-order valence-corrected chi connectivity index (χ3v) is 6.85. The molecule has 0 radical (unpaired) electrons. The molecule has 21 heavy (non-hydrogen) atoms. The molecule has 0 unspecified atom stereocenters. The molecule has 1 heterocycles. The summed E-state index contributed by atoms with van der Waals surface area (Å²) in [7, 11) is 0. The molecule has 1 aliphatic heterocycles. The lowest BCUT2D eigenvalue weighted by molar-refractivity contribution is 0.0471. The van der Waals surface area contributed by atoms with Crippen molar-refractivity contribution in [2.75, 3.05) is 32.7 Å². The van der Waals surface area contributed by atoms with E-state index in [9.17, 15) is 0 Å². The topological polar surface area (TPSA) is 6.48 Å². The van der Waals surface area contributed by atoms with Crippen molar-refractivity contribution in [2.45, 2.75) is 51.5 Å². The molecule has 4 aliphatic rings. The molecule has 118 valence electrons. The van der Waals surface area contributed by atoms with Crippen LogP contribution in [-0.4, -0.2) is 48.6 Å². The molecule has 2 heteroatoms. The third-order valence-electron chi connectivity index (χ3n) is 6.85. The van der Waals surface area contributed by atoms with E-state index in [1.54, 1.807) is 0 Å². The summed E-state index contributed by atoms with van der Waals surface area (Å²) in [5.74, 6) is 3.76. The third kappa shape index (κ3) is 2.94. The van der Waals surface area contributed by atoms with Crippen LogP contribution in [0.5, 0.6) is 0 Å². The fourth-order valence-corrected chi connectivity index (χ4v) is 5.55. The summed E-state index contributed by atoms with van der Waals surface area (Å²) < 4.78 is 0. The molecule has 1 saturated heterocycles. The summed E-state index contributed by atoms with van der Waals surface area (Å²) in [6.07, 6.45) is 13.8. The van der Waals surface area contributed by atoms with Crippen LogP contribution in [0, 0.1) is 23.7 Å². The molecular formula is C19H32N2. The Hall–Kier alpha value is -0.340. The molecule has 3 aliphatic carbocycles. The van der Waals surface area contributed by atoms with Crippen LogP contribution in [0.1, 0.15) is 45.4 Å². The Kier molecular flexibility index (Phi) is 4.10. The first-order chi connectivity index (χ1) is 10.3. The molecule has 3 fully saturated rings. The molecule has 4 rings (SSSR count). The minimum Gasteiger partial charge on any atom is -0.300 e. The Morgan fingerprint density at radius 3 is 2.43 bits per heavy atom. The van der Waals surface area contributed by atoms with Crippen molar-refractivity contribution in [3.8, 4) is 0 Å². The molecule has 0 spiro atoms. The number of rotatable bonds is 3. The average molecular weight is 288 g/mol. The monoisotopic (exact) mass is 288 g/mol. The van der Waals surface area contributed by atoms with Crippen LogP contribution in [-0.2, 0) is 0 Å². The number of hydrogen-bond donors (Lipinski definition) is 0. The van der Waals surface area contributed by atoms with Crippen molar-refractivity contribution in [1.82, 2.24) is 9.80 Å². The summed E-state index contributed by atoms with van der Waals surface area (Å²) in [4.78, 5) is 5.59. The van der Waals surface area contributed by atoms with Crippen LogP contribution in [0.2, 0.25) is 0 Å². The van der Waals surface area contributed by atoms with Crippen LogP contribution in [0.15, 0.2) is 12.2 Å². The van der Waals surface area contributed by atoms with Crippen molar-refractivity contribution < 1.29 is 0 Å². The Bertz CT molecular complexity index is 383. The Balaban J connectivity index is 1.26. The van der Waals surface area contributed by atoms with E-state index in [0.29, 0.717) is 0 Å². The van der Waals surface area contributed by atoms with Crippen LogP contribution < -0.4 is 0 Å². The van der Waals surface area contributed by atoms with E-state index >= 15 is 0 Å². The number of hydrogen-bond acceptors (Lipinski definition) is 2. The molecule has 2 saturated carbocycles. The van der Waals surface area contributed by atoms with E-state index in [0.717, 1.165) is 29.7 Å². The second-order valence-electron chi connectivity index (χ2n) is 8.21. The van der Waals surface area contributed by atoms with Crippen LogP contribution in [0.25, 0.3) is 0 Å². The summed E-state index contributed by atoms with van der Waals surface area (Å²) in [6, 6.07) is 0.895. The highest BCUT2D eigenvalue weighted by atomic mass is 15.3. The highest BCUT2D eigenvalue weighted by Crippen LogP contribution is 2.43. The van der Waals surface area contributed by atoms with E-state index in [-0.39, 0.29) is 0 Å². The van der Waals surface area contributed by atoms with Gasteiger partial charge in [0.05, 0.1) is 0 Å². The zero-order valence-electron chi connectivity index (χ0n) is 13.7. The van der Waals surface area contributed by atoms with Gasteiger partial charge in [-0.05, 0) is 49.4 Å². The Morgan fingerprint density at radius 2 is 1.76 bits per heavy atom. The molecule has 0 aromatic heterocycles. The van der Waals surface area contributed by atoms with Crippen LogP contribution in [0.4, 0.5) is 0 Å². The largest absolute Gasteiger partial charge is 0.300 e. The SMILES string of the molecule is C[C@@H]1CCCC[C@H]1N1CCN(C[C@@H]2C[C@@H]3C=C[C@@H]2C3)CC1. The lowest BCUT2D eigenvalue weighted by Crippen LogP contribution is -2.53. The molecule has 2 nitrogen and oxygen atoms in total. The van der Waals surface area contributed by atoms with E-state index in [2.05, 4.69) is 28.9 Å². The molecule has 5 atom stereocenters. The van der Waals surface area contributed by atoms with Crippen molar-refractivity contribution in [1.29, 1.82) is 0 Å². The van der Waals surface area contributed by atoms with Crippen molar-refractivity contribution in [3.63, 3.8) is 0 Å². The zero-order valence-corrected chi connectivity index (χ0v) is 13.7. The van der Waals surface area contributed by atoms with Gasteiger partial charge in [-0.25, -0.2) is 0 Å². The quantitative estimate of drug-likeness (QED) is 0.735. The summed E-state index contributed by atoms with van der Waals surface area (Å²) in [6.45, 7) is 9.15. The average Bonchev–Trinajstić information content (AvgIpc) is 3.11. The molecule has 0 aromatic carbocycles. The van der Waals surface area contributed by atoms with E-state index in [1.807, 2.05) is 0 Å². The standard InChI is InChI=1S/C19H32N2/c1-15-4-2-3-5-19(15)21-10-8-20(9-11-21)14-18-13-16-6-7-17(18)12-16/h6-7,15-19H,2-5,8-14H2,1H3/t15-,16-,17-,18+,19-/m1/s1. The first-order valence-corrected chi connectivity index (χ1v) is 9.44. The minimum atomic E-state index is 0.895. The molecular weight excluding hydrogens is 256 g/mol. The van der Waals surface area contributed by atoms with Crippen molar-refractivity contribution in [2.24, 2.45) is 23.7 Å². The first-order valence-electron chi connectivity index (χ1n) is 9.44. The number of piperazine rings is 1. The Labute approximate surface area is 130 Å². The van der Waals surface area contributed by atoms with Crippen molar-refractivity contribution in [3.05, 3.63) is 12.2 Å². The lowest BCUT2D eigenvalue weighted by atomic mass is 9.84. The van der Waals surface area contributed by atoms with Gasteiger partial charge in [0, 0.05) is 38.8 Å². The van der Waals surface area contributed by atoms with Gasteiger partial charge < -0.3 is 4.90 Å². The fraction of sp³-hybridized carbons (Fsp3) is 0.895. The predicted molar refractivity (Wildman–Crippen MR) is 88.3 cm³/mol. The Morgan fingerprint density at radius 1 is 0.952 bits per heavy atom. The summed E-state index contributed by atoms with van der Waals surface area (Å²) in [5, 5.41) is 0. The van der Waals surface area contributed by atoms with Gasteiger partial charge in [0.15, 0.2) is 0 Å². The van der Waals surface area contributed by atoms with Crippen LogP contribution in [0.3, 0.4) is 0 Å². The second-order valence-corrected chi connectivity index (χ2v) is 8.21. The van der Waals surface area contributed by atoms with Gasteiger partial charge in [0.2, 0.25) is 0 Å². The summed E-state index contributed by atoms with van der Waals surface area (Å²) >= 11 is 0. The van der Waals surface area contributed by atoms with E-state index in [4.69, 9.17) is 0 Å². The summed E-state index contributed by atoms with van der Waals surface area (Å²) in [5.41, 5.74) is 0. The van der Waals surface area contributed by atoms with Gasteiger partial charge in [-0.1, -0.05) is 31.9 Å². The van der Waals surface area contributed by atoms with Gasteiger partial charge in [-0.3, -0.25) is 4.90 Å². The maximum atomic E-state index is 2.82. The van der Waals surface area contributed by atoms with Gasteiger partial charge in [-0.2, -0.15) is 0 Å². The second kappa shape index (κ2) is 6.04. The predicted octanol–water partition coefficient (Wildman–Crippen LogP) is 3.39. The molecule has 0 N–H and O–H groups in total. The van der Waals surface area contributed by atoms with Gasteiger partial charge in [-0.15, -0.1) is 0 Å². The number of fused-ring (bicyclic) bond motifs is 2. The first kappa shape index (κ1) is 14.3. The highest BCUT2D eigenvalue weighted by Gasteiger charge is 2.37. The molecule has 2 bridgehead atoms. The van der Waals surface area contributed by atoms with Crippen LogP contribution >= 0.6 is 0 Å². The fourth-order valence-electron chi connectivity index (χ4n) is 5.55. The normalized spacial score (nSPS) is 44.5. The maximum Gasteiger partial charge on any atom is 0.0122 e. The van der Waals surface area contributed by atoms with Gasteiger partial charge in [0.1, 0.15) is 0 Å². The van der Waals surface area contributed by atoms with E-state index < -0.39 is 0 Å². The lowest BCUT2D eigenvalue weighted by Gasteiger charge is -2.44. The smallest absolute Gasteiger partial charge is 0.0122 e. The highest BCUT2D eigenvalue weighted by molar-refractivity contribution is 5.10. The maximum absolute atomic E-state index is 2.82. The van der Waals surface area contributed by atoms with Crippen molar-refractivity contribution >= 4 is 0 Å². The van der Waals surface area contributed by atoms with Gasteiger partial charge >= 0.3 is 0 Å². The van der Waals surface area contributed by atoms with E-state index in [1.165, 1.54) is 71.2 Å².